The van der Waals surface area contributed by atoms with Gasteiger partial charge in [-0.2, -0.15) is 0 Å². The van der Waals surface area contributed by atoms with Crippen molar-refractivity contribution >= 4 is 43.9 Å². The summed E-state index contributed by atoms with van der Waals surface area (Å²) in [6.07, 6.45) is 3.15. The summed E-state index contributed by atoms with van der Waals surface area (Å²) < 4.78 is 11.3. The maximum absolute atomic E-state index is 5.65. The normalized spacial score (nSPS) is 10.5. The van der Waals surface area contributed by atoms with Crippen molar-refractivity contribution in [1.82, 2.24) is 15.4 Å². The lowest BCUT2D eigenvalue weighted by molar-refractivity contribution is 0.668. The molecule has 7 rings (SSSR count). The highest BCUT2D eigenvalue weighted by Gasteiger charge is 2.04. The van der Waals surface area contributed by atoms with Crippen LogP contribution in [0, 0.1) is 0 Å². The van der Waals surface area contributed by atoms with E-state index in [9.17, 15) is 0 Å². The quantitative estimate of drug-likeness (QED) is 0.265. The van der Waals surface area contributed by atoms with Gasteiger partial charge in [-0.05, 0) is 35.5 Å². The van der Waals surface area contributed by atoms with Crippen LogP contribution in [-0.2, 0) is 0 Å². The van der Waals surface area contributed by atoms with Gasteiger partial charge < -0.3 is 8.83 Å². The molecule has 32 heavy (non-hydrogen) atoms. The van der Waals surface area contributed by atoms with Crippen molar-refractivity contribution < 1.29 is 8.83 Å². The minimum Gasteiger partial charge on any atom is -0.456 e. The average molecular weight is 417 g/mol. The molecule has 0 unspecified atom stereocenters. The summed E-state index contributed by atoms with van der Waals surface area (Å²) in [5, 5.41) is 14.9. The molecule has 0 aliphatic heterocycles. The molecule has 0 saturated carbocycles. The van der Waals surface area contributed by atoms with Crippen LogP contribution in [0.25, 0.3) is 43.9 Å². The van der Waals surface area contributed by atoms with Crippen LogP contribution in [0.4, 0.5) is 0 Å². The molecule has 0 amide bonds. The Kier molecular flexibility index (Phi) is 5.53. The van der Waals surface area contributed by atoms with Crippen LogP contribution in [-0.4, -0.2) is 15.4 Å². The number of hydrogen-bond acceptors (Lipinski definition) is 5. The lowest BCUT2D eigenvalue weighted by Crippen LogP contribution is -1.78. The molecule has 3 aromatic heterocycles. The van der Waals surface area contributed by atoms with Crippen molar-refractivity contribution in [3.63, 3.8) is 0 Å². The first-order chi connectivity index (χ1) is 15.9. The smallest absolute Gasteiger partial charge is 0.135 e. The van der Waals surface area contributed by atoms with Crippen LogP contribution in [0.5, 0.6) is 0 Å². The fourth-order valence-corrected chi connectivity index (χ4v) is 3.55. The molecule has 0 fully saturated rings. The highest BCUT2D eigenvalue weighted by atomic mass is 16.3. The van der Waals surface area contributed by atoms with Crippen molar-refractivity contribution in [2.45, 2.75) is 0 Å². The van der Waals surface area contributed by atoms with Gasteiger partial charge in [-0.3, -0.25) is 0 Å². The summed E-state index contributed by atoms with van der Waals surface area (Å²) in [4.78, 5) is 0. The monoisotopic (exact) mass is 417 g/mol. The van der Waals surface area contributed by atoms with Gasteiger partial charge in [0.25, 0.3) is 0 Å². The van der Waals surface area contributed by atoms with Gasteiger partial charge in [-0.1, -0.05) is 72.8 Å². The Morgan fingerprint density at radius 3 is 0.938 bits per heavy atom. The summed E-state index contributed by atoms with van der Waals surface area (Å²) in [5.74, 6) is 0. The molecule has 154 valence electrons. The number of benzene rings is 4. The highest BCUT2D eigenvalue weighted by molar-refractivity contribution is 6.05. The first kappa shape index (κ1) is 19.5. The maximum Gasteiger partial charge on any atom is 0.135 e. The minimum absolute atomic E-state index is 0.962. The second-order valence-electron chi connectivity index (χ2n) is 7.00. The molecule has 0 aliphatic rings. The molecule has 0 saturated heterocycles. The first-order valence-electron chi connectivity index (χ1n) is 10.2. The highest BCUT2D eigenvalue weighted by Crippen LogP contribution is 2.28. The minimum atomic E-state index is 0.962. The molecule has 4 aromatic carbocycles. The molecule has 0 spiro atoms. The Bertz CT molecular complexity index is 1350. The van der Waals surface area contributed by atoms with Crippen LogP contribution in [0.2, 0.25) is 0 Å². The fourth-order valence-electron chi connectivity index (χ4n) is 3.55. The van der Waals surface area contributed by atoms with Crippen molar-refractivity contribution in [3.8, 4) is 0 Å². The van der Waals surface area contributed by atoms with Crippen LogP contribution < -0.4 is 0 Å². The van der Waals surface area contributed by atoms with Crippen molar-refractivity contribution in [1.29, 1.82) is 0 Å². The average Bonchev–Trinajstić information content (AvgIpc) is 3.44. The van der Waals surface area contributed by atoms with Gasteiger partial charge in [0.05, 0.1) is 12.4 Å². The topological polar surface area (TPSA) is 65.0 Å². The van der Waals surface area contributed by atoms with E-state index in [0.717, 1.165) is 22.3 Å². The molecule has 0 radical (unpaired) electrons. The number of rotatable bonds is 0. The Morgan fingerprint density at radius 1 is 0.375 bits per heavy atom. The van der Waals surface area contributed by atoms with Crippen LogP contribution in [0.15, 0.2) is 124 Å². The third-order valence-electron chi connectivity index (χ3n) is 4.98. The molecule has 3 heterocycles. The lowest BCUT2D eigenvalue weighted by atomic mass is 10.2. The zero-order valence-electron chi connectivity index (χ0n) is 17.1. The molecule has 0 aliphatic carbocycles. The van der Waals surface area contributed by atoms with Gasteiger partial charge in [-0.25, -0.2) is 0 Å². The van der Waals surface area contributed by atoms with E-state index >= 15 is 0 Å². The fraction of sp³-hybridized carbons (Fsp3) is 0. The zero-order valence-corrected chi connectivity index (χ0v) is 17.1. The van der Waals surface area contributed by atoms with Gasteiger partial charge in [0.1, 0.15) is 22.3 Å². The van der Waals surface area contributed by atoms with Gasteiger partial charge in [0.15, 0.2) is 0 Å². The van der Waals surface area contributed by atoms with E-state index < -0.39 is 0 Å². The van der Waals surface area contributed by atoms with E-state index in [-0.39, 0.29) is 0 Å². The largest absolute Gasteiger partial charge is 0.456 e. The molecule has 5 heteroatoms. The van der Waals surface area contributed by atoms with Crippen LogP contribution in [0.3, 0.4) is 0 Å². The van der Waals surface area contributed by atoms with Crippen molar-refractivity contribution in [2.24, 2.45) is 0 Å². The Balaban J connectivity index is 0.000000109. The van der Waals surface area contributed by atoms with Gasteiger partial charge in [-0.15, -0.1) is 10.2 Å². The maximum atomic E-state index is 5.65. The predicted molar refractivity (Wildman–Crippen MR) is 127 cm³/mol. The second kappa shape index (κ2) is 9.10. The van der Waals surface area contributed by atoms with E-state index in [0.29, 0.717) is 0 Å². The summed E-state index contributed by atoms with van der Waals surface area (Å²) in [7, 11) is 0. The molecular weight excluding hydrogens is 398 g/mol. The summed E-state index contributed by atoms with van der Waals surface area (Å²) >= 11 is 0. The molecule has 5 nitrogen and oxygen atoms in total. The number of para-hydroxylation sites is 4. The molecule has 0 bridgehead atoms. The summed E-state index contributed by atoms with van der Waals surface area (Å²) in [6.45, 7) is 0. The number of hydrogen-bond donors (Lipinski definition) is 0. The van der Waals surface area contributed by atoms with E-state index in [4.69, 9.17) is 8.83 Å². The number of fused-ring (bicyclic) bond motifs is 6. The van der Waals surface area contributed by atoms with Gasteiger partial charge >= 0.3 is 0 Å². The zero-order chi connectivity index (χ0) is 21.6. The van der Waals surface area contributed by atoms with E-state index in [1.165, 1.54) is 21.5 Å². The third-order valence-corrected chi connectivity index (χ3v) is 4.98. The van der Waals surface area contributed by atoms with Crippen LogP contribution >= 0.6 is 0 Å². The summed E-state index contributed by atoms with van der Waals surface area (Å²) in [6, 6.07) is 34.1. The van der Waals surface area contributed by atoms with E-state index in [1.807, 2.05) is 72.8 Å². The second-order valence-corrected chi connectivity index (χ2v) is 7.00. The molecule has 0 N–H and O–H groups in total. The van der Waals surface area contributed by atoms with Crippen molar-refractivity contribution in [2.75, 3.05) is 0 Å². The Hall–Kier alpha value is -4.51. The SMILES string of the molecule is c1ccc2c(c1)oc1ccccc12.c1ccc2c(c1)oc1ccccc12.c1cnnnc1. The van der Waals surface area contributed by atoms with E-state index in [1.54, 1.807) is 18.5 Å². The number of nitrogens with zero attached hydrogens (tertiary/aromatic N) is 3. The van der Waals surface area contributed by atoms with E-state index in [2.05, 4.69) is 39.7 Å². The number of aromatic nitrogens is 3. The summed E-state index contributed by atoms with van der Waals surface area (Å²) in [5.41, 5.74) is 3.85. The predicted octanol–water partition coefficient (Wildman–Crippen LogP) is 7.04. The molecule has 0 atom stereocenters. The van der Waals surface area contributed by atoms with Gasteiger partial charge in [0.2, 0.25) is 0 Å². The first-order valence-corrected chi connectivity index (χ1v) is 10.2. The molecular formula is C27H19N3O2. The van der Waals surface area contributed by atoms with Gasteiger partial charge in [0, 0.05) is 21.5 Å². The Labute approximate surface area is 183 Å². The number of furan rings is 2. The lowest BCUT2D eigenvalue weighted by Gasteiger charge is -1.85. The Morgan fingerprint density at radius 2 is 0.688 bits per heavy atom. The van der Waals surface area contributed by atoms with Crippen LogP contribution in [0.1, 0.15) is 0 Å². The third kappa shape index (κ3) is 4.04. The standard InChI is InChI=1S/2C12H8O.C3H3N3/c2*1-3-7-11-9(5-1)10-6-2-4-8-12(10)13-11;1-2-4-6-5-3-1/h2*1-8H;1-3H. The molecule has 7 aromatic rings. The van der Waals surface area contributed by atoms with Crippen molar-refractivity contribution in [3.05, 3.63) is 116 Å².